The van der Waals surface area contributed by atoms with Gasteiger partial charge in [-0.2, -0.15) is 0 Å². The fraction of sp³-hybridized carbons (Fsp3) is 0.100. The minimum absolute atomic E-state index is 0.0411. The first-order chi connectivity index (χ1) is 8.49. The number of benzene rings is 1. The molecule has 0 aliphatic carbocycles. The molecule has 0 saturated heterocycles. The van der Waals surface area contributed by atoms with Crippen LogP contribution in [-0.2, 0) is 7.05 Å². The van der Waals surface area contributed by atoms with Crippen LogP contribution in [0.5, 0.6) is 0 Å². The Kier molecular flexibility index (Phi) is 3.44. The molecule has 0 aliphatic rings. The van der Waals surface area contributed by atoms with Crippen molar-refractivity contribution in [1.29, 1.82) is 5.41 Å². The predicted octanol–water partition coefficient (Wildman–Crippen LogP) is 1.20. The minimum Gasteiger partial charge on any atom is -0.384 e. The van der Waals surface area contributed by atoms with Crippen LogP contribution in [0.1, 0.15) is 5.56 Å². The van der Waals surface area contributed by atoms with Crippen LogP contribution in [0.15, 0.2) is 33.0 Å². The Hall–Kier alpha value is -1.73. The Morgan fingerprint density at radius 3 is 2.83 bits per heavy atom. The number of aromatic amines is 1. The molecule has 0 amide bonds. The number of halogens is 1. The smallest absolute Gasteiger partial charge is 0.343 e. The van der Waals surface area contributed by atoms with E-state index in [4.69, 9.17) is 22.7 Å². The normalized spacial score (nSPS) is 10.6. The molecule has 94 valence electrons. The molecule has 1 heterocycles. The van der Waals surface area contributed by atoms with Crippen LogP contribution in [0.4, 0.5) is 0 Å². The van der Waals surface area contributed by atoms with E-state index in [-0.39, 0.29) is 11.5 Å². The third kappa shape index (κ3) is 2.41. The summed E-state index contributed by atoms with van der Waals surface area (Å²) in [6.45, 7) is 0. The minimum atomic E-state index is -0.283. The quantitative estimate of drug-likeness (QED) is 0.582. The third-order valence-electron chi connectivity index (χ3n) is 2.28. The molecule has 0 spiro atoms. The molecule has 6 nitrogen and oxygen atoms in total. The lowest BCUT2D eigenvalue weighted by Gasteiger charge is -2.05. The van der Waals surface area contributed by atoms with Crippen molar-refractivity contribution in [2.75, 3.05) is 0 Å². The number of nitrogen functional groups attached to an aromatic ring is 1. The molecular weight excluding hydrogens is 274 g/mol. The Morgan fingerprint density at radius 2 is 2.33 bits per heavy atom. The van der Waals surface area contributed by atoms with Crippen molar-refractivity contribution in [3.8, 4) is 0 Å². The highest BCUT2D eigenvalue weighted by Gasteiger charge is 2.10. The molecule has 0 bridgehead atoms. The number of rotatable bonds is 3. The van der Waals surface area contributed by atoms with Gasteiger partial charge in [0, 0.05) is 17.5 Å². The molecular formula is C10H10ClN5OS. The van der Waals surface area contributed by atoms with E-state index in [1.807, 2.05) is 0 Å². The second-order valence-electron chi connectivity index (χ2n) is 3.53. The molecule has 18 heavy (non-hydrogen) atoms. The maximum Gasteiger partial charge on any atom is 0.343 e. The van der Waals surface area contributed by atoms with Gasteiger partial charge in [0.15, 0.2) is 5.16 Å². The van der Waals surface area contributed by atoms with E-state index < -0.39 is 0 Å². The highest BCUT2D eigenvalue weighted by atomic mass is 35.5. The van der Waals surface area contributed by atoms with Crippen molar-refractivity contribution in [1.82, 2.24) is 14.8 Å². The number of nitrogens with zero attached hydrogens (tertiary/aromatic N) is 2. The average molecular weight is 284 g/mol. The maximum atomic E-state index is 11.2. The first-order valence-corrected chi connectivity index (χ1v) is 6.11. The SMILES string of the molecule is Cn1c(Sc2ccc(C(=N)N)cc2Cl)n[nH]c1=O. The first-order valence-electron chi connectivity index (χ1n) is 4.92. The van der Waals surface area contributed by atoms with E-state index >= 15 is 0 Å². The van der Waals surface area contributed by atoms with Crippen LogP contribution in [0.3, 0.4) is 0 Å². The van der Waals surface area contributed by atoms with Crippen LogP contribution in [0.2, 0.25) is 5.02 Å². The molecule has 0 saturated carbocycles. The summed E-state index contributed by atoms with van der Waals surface area (Å²) in [6.07, 6.45) is 0. The van der Waals surface area contributed by atoms with Crippen molar-refractivity contribution in [3.05, 3.63) is 39.3 Å². The van der Waals surface area contributed by atoms with Gasteiger partial charge in [-0.15, -0.1) is 5.10 Å². The molecule has 1 aromatic heterocycles. The first kappa shape index (κ1) is 12.7. The average Bonchev–Trinajstić information content (AvgIpc) is 2.63. The fourth-order valence-corrected chi connectivity index (χ4v) is 2.37. The number of hydrogen-bond acceptors (Lipinski definition) is 4. The van der Waals surface area contributed by atoms with E-state index in [0.717, 1.165) is 4.90 Å². The van der Waals surface area contributed by atoms with Crippen molar-refractivity contribution in [3.63, 3.8) is 0 Å². The summed E-state index contributed by atoms with van der Waals surface area (Å²) in [7, 11) is 1.62. The molecule has 0 atom stereocenters. The number of H-pyrrole nitrogens is 1. The summed E-state index contributed by atoms with van der Waals surface area (Å²) in [6, 6.07) is 5.04. The lowest BCUT2D eigenvalue weighted by Crippen LogP contribution is -2.12. The van der Waals surface area contributed by atoms with Gasteiger partial charge in [-0.1, -0.05) is 17.7 Å². The summed E-state index contributed by atoms with van der Waals surface area (Å²) >= 11 is 7.34. The lowest BCUT2D eigenvalue weighted by atomic mass is 10.2. The van der Waals surface area contributed by atoms with Gasteiger partial charge in [0.25, 0.3) is 0 Å². The van der Waals surface area contributed by atoms with E-state index in [9.17, 15) is 4.79 Å². The summed E-state index contributed by atoms with van der Waals surface area (Å²) in [5.41, 5.74) is 5.64. The molecule has 0 aliphatic heterocycles. The number of aromatic nitrogens is 3. The Labute approximate surface area is 112 Å². The van der Waals surface area contributed by atoms with Crippen LogP contribution >= 0.6 is 23.4 Å². The van der Waals surface area contributed by atoms with Gasteiger partial charge >= 0.3 is 5.69 Å². The van der Waals surface area contributed by atoms with Gasteiger partial charge in [-0.25, -0.2) is 9.89 Å². The van der Waals surface area contributed by atoms with Gasteiger partial charge in [0.05, 0.1) is 5.02 Å². The molecule has 1 aromatic carbocycles. The monoisotopic (exact) mass is 283 g/mol. The standard InChI is InChI=1S/C10H10ClN5OS/c1-16-9(17)14-15-10(16)18-7-3-2-5(8(12)13)4-6(7)11/h2-4H,1H3,(H3,12,13)(H,14,17). The van der Waals surface area contributed by atoms with Gasteiger partial charge in [-0.3, -0.25) is 9.98 Å². The molecule has 0 radical (unpaired) electrons. The molecule has 4 N–H and O–H groups in total. The Morgan fingerprint density at radius 1 is 1.61 bits per heavy atom. The summed E-state index contributed by atoms with van der Waals surface area (Å²) < 4.78 is 1.39. The van der Waals surface area contributed by atoms with E-state index in [2.05, 4.69) is 10.2 Å². The van der Waals surface area contributed by atoms with Gasteiger partial charge in [0.2, 0.25) is 0 Å². The largest absolute Gasteiger partial charge is 0.384 e. The van der Waals surface area contributed by atoms with Crippen LogP contribution in [0.25, 0.3) is 0 Å². The van der Waals surface area contributed by atoms with Crippen LogP contribution < -0.4 is 11.4 Å². The molecule has 2 rings (SSSR count). The zero-order valence-corrected chi connectivity index (χ0v) is 11.0. The van der Waals surface area contributed by atoms with E-state index in [1.165, 1.54) is 16.3 Å². The van der Waals surface area contributed by atoms with Crippen LogP contribution in [0, 0.1) is 5.41 Å². The summed E-state index contributed by atoms with van der Waals surface area (Å²) in [4.78, 5) is 12.0. The predicted molar refractivity (Wildman–Crippen MR) is 70.4 cm³/mol. The molecule has 8 heteroatoms. The van der Waals surface area contributed by atoms with Gasteiger partial charge < -0.3 is 5.73 Å². The number of nitrogens with two attached hydrogens (primary N) is 1. The second-order valence-corrected chi connectivity index (χ2v) is 4.95. The molecule has 2 aromatic rings. The molecule has 0 fully saturated rings. The Balaban J connectivity index is 2.33. The third-order valence-corrected chi connectivity index (χ3v) is 3.83. The summed E-state index contributed by atoms with van der Waals surface area (Å²) in [5, 5.41) is 14.5. The second kappa shape index (κ2) is 4.87. The van der Waals surface area contributed by atoms with E-state index in [0.29, 0.717) is 15.7 Å². The van der Waals surface area contributed by atoms with Crippen molar-refractivity contribution >= 4 is 29.2 Å². The van der Waals surface area contributed by atoms with Gasteiger partial charge in [0.1, 0.15) is 5.84 Å². The highest BCUT2D eigenvalue weighted by Crippen LogP contribution is 2.31. The van der Waals surface area contributed by atoms with E-state index in [1.54, 1.807) is 25.2 Å². The highest BCUT2D eigenvalue weighted by molar-refractivity contribution is 7.99. The number of amidine groups is 1. The van der Waals surface area contributed by atoms with Crippen LogP contribution in [-0.4, -0.2) is 20.6 Å². The zero-order valence-electron chi connectivity index (χ0n) is 9.40. The number of hydrogen-bond donors (Lipinski definition) is 3. The number of nitrogens with one attached hydrogen (secondary N) is 2. The fourth-order valence-electron chi connectivity index (χ4n) is 1.27. The lowest BCUT2D eigenvalue weighted by molar-refractivity contribution is 0.766. The van der Waals surface area contributed by atoms with Crippen molar-refractivity contribution in [2.45, 2.75) is 10.1 Å². The summed E-state index contributed by atoms with van der Waals surface area (Å²) in [5.74, 6) is -0.0411. The van der Waals surface area contributed by atoms with Crippen molar-refractivity contribution in [2.24, 2.45) is 12.8 Å². The van der Waals surface area contributed by atoms with Crippen molar-refractivity contribution < 1.29 is 0 Å². The maximum absolute atomic E-state index is 11.2. The van der Waals surface area contributed by atoms with Gasteiger partial charge in [-0.05, 0) is 23.9 Å². The molecule has 0 unspecified atom stereocenters. The topological polar surface area (TPSA) is 101 Å². The Bertz CT molecular complexity index is 663. The zero-order chi connectivity index (χ0) is 13.3.